The maximum atomic E-state index is 12.2. The molecule has 0 saturated heterocycles. The number of phenolic OH excluding ortho intramolecular Hbond substituents is 1. The zero-order valence-electron chi connectivity index (χ0n) is 17.9. The summed E-state index contributed by atoms with van der Waals surface area (Å²) < 4.78 is 0. The van der Waals surface area contributed by atoms with Gasteiger partial charge in [-0.15, -0.1) is 11.3 Å². The van der Waals surface area contributed by atoms with E-state index in [-0.39, 0.29) is 11.5 Å². The Morgan fingerprint density at radius 1 is 1.16 bits per heavy atom. The molecule has 0 fully saturated rings. The number of hydrogen-bond donors (Lipinski definition) is 3. The molecule has 0 radical (unpaired) electrons. The molecule has 0 spiro atoms. The summed E-state index contributed by atoms with van der Waals surface area (Å²) in [6.07, 6.45) is 0.333. The number of hydrogen-bond acceptors (Lipinski definition) is 6. The number of carbonyl (C=O) groups is 1. The third kappa shape index (κ3) is 4.16. The number of anilines is 3. The first-order chi connectivity index (χ1) is 15.5. The van der Waals surface area contributed by atoms with E-state index in [1.165, 1.54) is 16.9 Å². The van der Waals surface area contributed by atoms with Crippen LogP contribution in [0.25, 0.3) is 10.8 Å². The number of ketones is 1. The molecule has 3 N–H and O–H groups in total. The van der Waals surface area contributed by atoms with E-state index in [0.29, 0.717) is 34.8 Å². The average Bonchev–Trinajstić information content (AvgIpc) is 3.23. The molecule has 0 aliphatic carbocycles. The highest BCUT2D eigenvalue weighted by Gasteiger charge is 2.19. The number of carbonyl (C=O) groups excluding carboxylic acids is 1. The van der Waals surface area contributed by atoms with Gasteiger partial charge in [-0.2, -0.15) is 5.26 Å². The summed E-state index contributed by atoms with van der Waals surface area (Å²) in [6.45, 7) is 4.25. The predicted molar refractivity (Wildman–Crippen MR) is 131 cm³/mol. The summed E-state index contributed by atoms with van der Waals surface area (Å²) in [5, 5.41) is 31.5. The second-order valence-electron chi connectivity index (χ2n) is 7.57. The first kappa shape index (κ1) is 21.4. The van der Waals surface area contributed by atoms with Crippen molar-refractivity contribution in [1.29, 1.82) is 5.26 Å². The standard InChI is InChI=1S/C26H23N3O2S/c1-3-23(30)22-15-32-26(21(22)13-27)29-24-20-7-5-4-6-17(20)12-18(25(24)31)14-28-19-10-8-16(2)9-11-19/h4-12,15,28-29,31H,3,14H2,1-2H3. The van der Waals surface area contributed by atoms with Gasteiger partial charge < -0.3 is 15.7 Å². The predicted octanol–water partition coefficient (Wildman–Crippen LogP) is 6.74. The molecular formula is C26H23N3O2S. The van der Waals surface area contributed by atoms with E-state index in [0.717, 1.165) is 22.0 Å². The van der Waals surface area contributed by atoms with Crippen molar-refractivity contribution >= 4 is 44.3 Å². The SMILES string of the molecule is CCC(=O)c1csc(Nc2c(O)c(CNc3ccc(C)cc3)cc3ccccc23)c1C#N. The normalized spacial score (nSPS) is 10.7. The number of benzene rings is 3. The minimum atomic E-state index is -0.0732. The highest BCUT2D eigenvalue weighted by Crippen LogP contribution is 2.41. The van der Waals surface area contributed by atoms with E-state index >= 15 is 0 Å². The third-order valence-electron chi connectivity index (χ3n) is 5.40. The maximum Gasteiger partial charge on any atom is 0.164 e. The van der Waals surface area contributed by atoms with Crippen molar-refractivity contribution < 1.29 is 9.90 Å². The number of nitrogens with one attached hydrogen (secondary N) is 2. The number of Topliss-reactive ketones (excluding diaryl/α,β-unsaturated/α-hetero) is 1. The molecule has 5 nitrogen and oxygen atoms in total. The first-order valence-corrected chi connectivity index (χ1v) is 11.3. The van der Waals surface area contributed by atoms with Gasteiger partial charge in [-0.05, 0) is 30.5 Å². The van der Waals surface area contributed by atoms with Crippen LogP contribution in [-0.2, 0) is 6.54 Å². The van der Waals surface area contributed by atoms with Crippen LogP contribution in [0.1, 0.15) is 40.4 Å². The third-order valence-corrected chi connectivity index (χ3v) is 6.29. The fourth-order valence-electron chi connectivity index (χ4n) is 3.59. The number of rotatable bonds is 7. The Balaban J connectivity index is 1.73. The van der Waals surface area contributed by atoms with E-state index in [4.69, 9.17) is 0 Å². The second-order valence-corrected chi connectivity index (χ2v) is 8.45. The lowest BCUT2D eigenvalue weighted by molar-refractivity contribution is 0.0988. The Labute approximate surface area is 191 Å². The first-order valence-electron chi connectivity index (χ1n) is 10.4. The van der Waals surface area contributed by atoms with Gasteiger partial charge in [0.15, 0.2) is 5.78 Å². The zero-order chi connectivity index (χ0) is 22.7. The van der Waals surface area contributed by atoms with Crippen LogP contribution in [0.2, 0.25) is 0 Å². The quantitative estimate of drug-likeness (QED) is 0.219. The summed E-state index contributed by atoms with van der Waals surface area (Å²) in [4.78, 5) is 12.2. The minimum absolute atomic E-state index is 0.0732. The molecule has 0 amide bonds. The molecule has 4 rings (SSSR count). The summed E-state index contributed by atoms with van der Waals surface area (Å²) in [5.74, 6) is 0.0416. The van der Waals surface area contributed by atoms with Crippen LogP contribution in [0.4, 0.5) is 16.4 Å². The number of nitrogens with zero attached hydrogens (tertiary/aromatic N) is 1. The molecule has 0 aliphatic heterocycles. The van der Waals surface area contributed by atoms with Crippen LogP contribution in [0.5, 0.6) is 5.75 Å². The van der Waals surface area contributed by atoms with E-state index in [1.807, 2.05) is 61.5 Å². The zero-order valence-corrected chi connectivity index (χ0v) is 18.7. The fraction of sp³-hybridized carbons (Fsp3) is 0.154. The van der Waals surface area contributed by atoms with Gasteiger partial charge >= 0.3 is 0 Å². The minimum Gasteiger partial charge on any atom is -0.505 e. The van der Waals surface area contributed by atoms with Gasteiger partial charge in [-0.3, -0.25) is 4.79 Å². The summed E-state index contributed by atoms with van der Waals surface area (Å²) >= 11 is 1.29. The Morgan fingerprint density at radius 3 is 2.62 bits per heavy atom. The fourth-order valence-corrected chi connectivity index (χ4v) is 4.51. The Morgan fingerprint density at radius 2 is 1.91 bits per heavy atom. The van der Waals surface area contributed by atoms with E-state index in [2.05, 4.69) is 16.7 Å². The van der Waals surface area contributed by atoms with Gasteiger partial charge in [-0.1, -0.05) is 48.9 Å². The van der Waals surface area contributed by atoms with Crippen molar-refractivity contribution in [2.45, 2.75) is 26.8 Å². The van der Waals surface area contributed by atoms with Crippen molar-refractivity contribution in [3.8, 4) is 11.8 Å². The summed E-state index contributed by atoms with van der Waals surface area (Å²) in [5.41, 5.74) is 4.13. The van der Waals surface area contributed by atoms with Crippen LogP contribution >= 0.6 is 11.3 Å². The van der Waals surface area contributed by atoms with Gasteiger partial charge in [-0.25, -0.2) is 0 Å². The van der Waals surface area contributed by atoms with Crippen LogP contribution in [-0.4, -0.2) is 10.9 Å². The molecule has 1 aromatic heterocycles. The molecule has 1 heterocycles. The molecule has 6 heteroatoms. The smallest absolute Gasteiger partial charge is 0.164 e. The number of nitriles is 1. The maximum absolute atomic E-state index is 12.2. The monoisotopic (exact) mass is 441 g/mol. The van der Waals surface area contributed by atoms with Gasteiger partial charge in [0.05, 0.1) is 11.3 Å². The van der Waals surface area contributed by atoms with Crippen molar-refractivity contribution in [1.82, 2.24) is 0 Å². The lowest BCUT2D eigenvalue weighted by atomic mass is 10.0. The lowest BCUT2D eigenvalue weighted by Crippen LogP contribution is -2.02. The highest BCUT2D eigenvalue weighted by molar-refractivity contribution is 7.14. The van der Waals surface area contributed by atoms with Gasteiger partial charge in [0.2, 0.25) is 0 Å². The average molecular weight is 442 g/mol. The molecule has 0 atom stereocenters. The van der Waals surface area contributed by atoms with Crippen molar-refractivity contribution in [2.75, 3.05) is 10.6 Å². The van der Waals surface area contributed by atoms with E-state index in [1.54, 1.807) is 12.3 Å². The molecule has 3 aromatic carbocycles. The molecule has 32 heavy (non-hydrogen) atoms. The lowest BCUT2D eigenvalue weighted by Gasteiger charge is -2.16. The Bertz CT molecular complexity index is 1330. The largest absolute Gasteiger partial charge is 0.505 e. The topological polar surface area (TPSA) is 85.2 Å². The van der Waals surface area contributed by atoms with Crippen LogP contribution in [0, 0.1) is 18.3 Å². The number of aromatic hydroxyl groups is 1. The Hall–Kier alpha value is -3.82. The number of phenols is 1. The van der Waals surface area contributed by atoms with Gasteiger partial charge in [0, 0.05) is 40.5 Å². The van der Waals surface area contributed by atoms with E-state index < -0.39 is 0 Å². The number of thiophene rings is 1. The van der Waals surface area contributed by atoms with Gasteiger partial charge in [0.1, 0.15) is 16.8 Å². The molecular weight excluding hydrogens is 418 g/mol. The second kappa shape index (κ2) is 9.13. The molecule has 0 saturated carbocycles. The highest BCUT2D eigenvalue weighted by atomic mass is 32.1. The van der Waals surface area contributed by atoms with Crippen LogP contribution in [0.3, 0.4) is 0 Å². The molecule has 0 unspecified atom stereocenters. The molecule has 0 aliphatic rings. The summed E-state index contributed by atoms with van der Waals surface area (Å²) in [6, 6.07) is 19.9. The molecule has 4 aromatic rings. The Kier molecular flexibility index (Phi) is 6.11. The van der Waals surface area contributed by atoms with Crippen molar-refractivity contribution in [3.05, 3.63) is 82.2 Å². The van der Waals surface area contributed by atoms with Crippen LogP contribution in [0.15, 0.2) is 60.0 Å². The van der Waals surface area contributed by atoms with E-state index in [9.17, 15) is 15.2 Å². The van der Waals surface area contributed by atoms with Gasteiger partial charge in [0.25, 0.3) is 0 Å². The number of fused-ring (bicyclic) bond motifs is 1. The van der Waals surface area contributed by atoms with Crippen LogP contribution < -0.4 is 10.6 Å². The van der Waals surface area contributed by atoms with Crippen molar-refractivity contribution in [3.63, 3.8) is 0 Å². The summed E-state index contributed by atoms with van der Waals surface area (Å²) in [7, 11) is 0. The molecule has 160 valence electrons. The van der Waals surface area contributed by atoms with Crippen molar-refractivity contribution in [2.24, 2.45) is 0 Å². The molecule has 0 bridgehead atoms. The number of aryl methyl sites for hydroxylation is 1.